The first-order valence-electron chi connectivity index (χ1n) is 6.72. The van der Waals surface area contributed by atoms with Crippen molar-refractivity contribution in [2.45, 2.75) is 38.3 Å². The van der Waals surface area contributed by atoms with Gasteiger partial charge in [0.15, 0.2) is 0 Å². The molecule has 8 heteroatoms. The summed E-state index contributed by atoms with van der Waals surface area (Å²) >= 11 is 0. The summed E-state index contributed by atoms with van der Waals surface area (Å²) in [6, 6.07) is 1.86. The van der Waals surface area contributed by atoms with Gasteiger partial charge in [0.25, 0.3) is 0 Å². The topological polar surface area (TPSA) is 84.1 Å². The van der Waals surface area contributed by atoms with E-state index in [1.807, 2.05) is 6.92 Å². The number of hydrogen-bond acceptors (Lipinski definition) is 5. The summed E-state index contributed by atoms with van der Waals surface area (Å²) in [5.74, 6) is 0.754. The standard InChI is InChI=1S/C13H21N5O.2ClH/c1-10(14)8-12(19)17-11-4-2-7-18(9-11)13-15-5-3-6-16-13;;/h3,5-6,10-11H,2,4,7-9,14H2,1H3,(H,17,19);2*1H. The molecule has 21 heavy (non-hydrogen) atoms. The zero-order valence-electron chi connectivity index (χ0n) is 12.1. The molecule has 1 fully saturated rings. The molecule has 2 atom stereocenters. The van der Waals surface area contributed by atoms with Crippen molar-refractivity contribution in [1.29, 1.82) is 0 Å². The highest BCUT2D eigenvalue weighted by atomic mass is 35.5. The van der Waals surface area contributed by atoms with Crippen LogP contribution in [0.2, 0.25) is 0 Å². The molecule has 0 spiro atoms. The molecule has 1 aliphatic heterocycles. The van der Waals surface area contributed by atoms with Crippen LogP contribution in [-0.4, -0.2) is 41.0 Å². The third kappa shape index (κ3) is 6.46. The highest BCUT2D eigenvalue weighted by Gasteiger charge is 2.22. The molecule has 1 aliphatic rings. The quantitative estimate of drug-likeness (QED) is 0.861. The number of rotatable bonds is 4. The van der Waals surface area contributed by atoms with Gasteiger partial charge in [0.1, 0.15) is 0 Å². The number of carbonyl (C=O) groups excluding carboxylic acids is 1. The zero-order valence-corrected chi connectivity index (χ0v) is 13.7. The highest BCUT2D eigenvalue weighted by Crippen LogP contribution is 2.15. The van der Waals surface area contributed by atoms with Gasteiger partial charge in [-0.1, -0.05) is 0 Å². The lowest BCUT2D eigenvalue weighted by atomic mass is 10.1. The van der Waals surface area contributed by atoms with Crippen LogP contribution in [0.25, 0.3) is 0 Å². The third-order valence-corrected chi connectivity index (χ3v) is 3.13. The van der Waals surface area contributed by atoms with Gasteiger partial charge in [-0.05, 0) is 25.8 Å². The van der Waals surface area contributed by atoms with Gasteiger partial charge in [0.2, 0.25) is 11.9 Å². The van der Waals surface area contributed by atoms with Gasteiger partial charge in [-0.15, -0.1) is 24.8 Å². The molecule has 0 saturated carbocycles. The Hall–Kier alpha value is -1.11. The van der Waals surface area contributed by atoms with Crippen LogP contribution < -0.4 is 16.0 Å². The Bertz CT molecular complexity index is 418. The maximum absolute atomic E-state index is 11.7. The fraction of sp³-hybridized carbons (Fsp3) is 0.615. The summed E-state index contributed by atoms with van der Waals surface area (Å²) in [5.41, 5.74) is 5.63. The lowest BCUT2D eigenvalue weighted by molar-refractivity contribution is -0.122. The largest absolute Gasteiger partial charge is 0.352 e. The molecule has 0 radical (unpaired) electrons. The first kappa shape index (κ1) is 19.9. The van der Waals surface area contributed by atoms with Crippen molar-refractivity contribution >= 4 is 36.7 Å². The van der Waals surface area contributed by atoms with Crippen molar-refractivity contribution in [3.63, 3.8) is 0 Å². The minimum Gasteiger partial charge on any atom is -0.352 e. The number of halogens is 2. The monoisotopic (exact) mass is 335 g/mol. The number of anilines is 1. The van der Waals surface area contributed by atoms with Gasteiger partial charge in [-0.2, -0.15) is 0 Å². The number of nitrogens with one attached hydrogen (secondary N) is 1. The number of nitrogens with two attached hydrogens (primary N) is 1. The second-order valence-electron chi connectivity index (χ2n) is 5.08. The minimum absolute atomic E-state index is 0. The van der Waals surface area contributed by atoms with Gasteiger partial charge in [0.05, 0.1) is 0 Å². The summed E-state index contributed by atoms with van der Waals surface area (Å²) in [6.07, 6.45) is 5.87. The Labute approximate surface area is 137 Å². The molecule has 0 bridgehead atoms. The molecule has 2 unspecified atom stereocenters. The molecule has 1 amide bonds. The van der Waals surface area contributed by atoms with Crippen molar-refractivity contribution in [3.05, 3.63) is 18.5 Å². The van der Waals surface area contributed by atoms with Crippen molar-refractivity contribution < 1.29 is 4.79 Å². The molecule has 1 aromatic heterocycles. The normalized spacial score (nSPS) is 19.0. The van der Waals surface area contributed by atoms with Crippen LogP contribution >= 0.6 is 24.8 Å². The Morgan fingerprint density at radius 1 is 1.48 bits per heavy atom. The van der Waals surface area contributed by atoms with E-state index in [0.717, 1.165) is 31.9 Å². The summed E-state index contributed by atoms with van der Waals surface area (Å²) < 4.78 is 0. The summed E-state index contributed by atoms with van der Waals surface area (Å²) in [5, 5.41) is 3.03. The molecule has 3 N–H and O–H groups in total. The molecule has 2 rings (SSSR count). The maximum atomic E-state index is 11.7. The molecule has 120 valence electrons. The average Bonchev–Trinajstić information content (AvgIpc) is 2.39. The lowest BCUT2D eigenvalue weighted by Gasteiger charge is -2.33. The number of amides is 1. The van der Waals surface area contributed by atoms with Crippen LogP contribution in [0.15, 0.2) is 18.5 Å². The number of nitrogens with zero attached hydrogens (tertiary/aromatic N) is 3. The molecule has 2 heterocycles. The van der Waals surface area contributed by atoms with Crippen LogP contribution in [0.3, 0.4) is 0 Å². The maximum Gasteiger partial charge on any atom is 0.225 e. The van der Waals surface area contributed by atoms with Gasteiger partial charge < -0.3 is 16.0 Å². The van der Waals surface area contributed by atoms with Gasteiger partial charge in [-0.3, -0.25) is 4.79 Å². The predicted octanol–water partition coefficient (Wildman–Crippen LogP) is 1.14. The summed E-state index contributed by atoms with van der Waals surface area (Å²) in [6.45, 7) is 3.53. The first-order valence-corrected chi connectivity index (χ1v) is 6.72. The van der Waals surface area contributed by atoms with Crippen LogP contribution in [0.1, 0.15) is 26.2 Å². The minimum atomic E-state index is -0.0999. The molecule has 1 saturated heterocycles. The Morgan fingerprint density at radius 3 is 2.76 bits per heavy atom. The van der Waals surface area contributed by atoms with E-state index >= 15 is 0 Å². The van der Waals surface area contributed by atoms with E-state index in [-0.39, 0.29) is 42.8 Å². The second-order valence-corrected chi connectivity index (χ2v) is 5.08. The Balaban J connectivity index is 0.00000200. The van der Waals surface area contributed by atoms with Crippen LogP contribution in [0.5, 0.6) is 0 Å². The molecule has 0 aliphatic carbocycles. The van der Waals surface area contributed by atoms with E-state index in [0.29, 0.717) is 6.42 Å². The van der Waals surface area contributed by atoms with Gasteiger partial charge in [0, 0.05) is 44.0 Å². The first-order chi connectivity index (χ1) is 9.15. The van der Waals surface area contributed by atoms with Crippen molar-refractivity contribution in [2.75, 3.05) is 18.0 Å². The van der Waals surface area contributed by atoms with Crippen molar-refractivity contribution in [2.24, 2.45) is 5.73 Å². The SMILES string of the molecule is CC(N)CC(=O)NC1CCCN(c2ncccn2)C1.Cl.Cl. The van der Waals surface area contributed by atoms with E-state index in [2.05, 4.69) is 20.2 Å². The Kier molecular flexibility index (Phi) is 9.24. The lowest BCUT2D eigenvalue weighted by Crippen LogP contribution is -2.49. The number of carbonyl (C=O) groups is 1. The van der Waals surface area contributed by atoms with Crippen molar-refractivity contribution in [1.82, 2.24) is 15.3 Å². The predicted molar refractivity (Wildman–Crippen MR) is 88.2 cm³/mol. The van der Waals surface area contributed by atoms with E-state index in [4.69, 9.17) is 5.73 Å². The van der Waals surface area contributed by atoms with Crippen LogP contribution in [0.4, 0.5) is 5.95 Å². The zero-order chi connectivity index (χ0) is 13.7. The van der Waals surface area contributed by atoms with E-state index in [1.165, 1.54) is 0 Å². The average molecular weight is 336 g/mol. The van der Waals surface area contributed by atoms with E-state index < -0.39 is 0 Å². The summed E-state index contributed by atoms with van der Waals surface area (Å²) in [4.78, 5) is 22.3. The van der Waals surface area contributed by atoms with Gasteiger partial charge in [-0.25, -0.2) is 9.97 Å². The van der Waals surface area contributed by atoms with E-state index in [1.54, 1.807) is 18.5 Å². The summed E-state index contributed by atoms with van der Waals surface area (Å²) in [7, 11) is 0. The number of hydrogen-bond donors (Lipinski definition) is 2. The highest BCUT2D eigenvalue weighted by molar-refractivity contribution is 5.85. The number of aromatic nitrogens is 2. The van der Waals surface area contributed by atoms with Crippen LogP contribution in [-0.2, 0) is 4.79 Å². The Morgan fingerprint density at radius 2 is 2.14 bits per heavy atom. The molecule has 1 aromatic rings. The molecular weight excluding hydrogens is 313 g/mol. The van der Waals surface area contributed by atoms with Crippen LogP contribution in [0, 0.1) is 0 Å². The van der Waals surface area contributed by atoms with Crippen molar-refractivity contribution in [3.8, 4) is 0 Å². The smallest absolute Gasteiger partial charge is 0.225 e. The fourth-order valence-corrected chi connectivity index (χ4v) is 2.31. The number of piperidine rings is 1. The fourth-order valence-electron chi connectivity index (χ4n) is 2.31. The van der Waals surface area contributed by atoms with E-state index in [9.17, 15) is 4.79 Å². The third-order valence-electron chi connectivity index (χ3n) is 3.13. The molecular formula is C13H23Cl2N5O. The molecule has 0 aromatic carbocycles. The van der Waals surface area contributed by atoms with Gasteiger partial charge >= 0.3 is 0 Å². The second kappa shape index (κ2) is 9.76. The molecule has 6 nitrogen and oxygen atoms in total.